The van der Waals surface area contributed by atoms with Gasteiger partial charge in [0.15, 0.2) is 23.0 Å². The molecule has 3 rings (SSSR count). The molecule has 0 bridgehead atoms. The van der Waals surface area contributed by atoms with Gasteiger partial charge in [0.1, 0.15) is 6.07 Å². The Kier molecular flexibility index (Phi) is 7.49. The van der Waals surface area contributed by atoms with E-state index in [1.54, 1.807) is 0 Å². The summed E-state index contributed by atoms with van der Waals surface area (Å²) < 4.78 is 85.0. The molecule has 0 spiro atoms. The molecule has 0 aliphatic carbocycles. The predicted octanol–water partition coefficient (Wildman–Crippen LogP) is 7.15. The first kappa shape index (κ1) is 26.5. The van der Waals surface area contributed by atoms with Crippen LogP contribution in [-0.4, -0.2) is 33.7 Å². The standard InChI is InChI=1S/C20H10Cl2F6N4O2S/c1-34-15-4-9(2-3-14(15)33)8-30-18-17(35-20(26,27)28)13(7-29)31-32(18)10-5-11(21)16(12(22)6-10)19(23,24)25/h2-6,8,33H,1H3/b30-8+. The number of phenolic OH excluding ortho intramolecular Hbond substituents is 1. The molecule has 6 nitrogen and oxygen atoms in total. The van der Waals surface area contributed by atoms with E-state index in [0.717, 1.165) is 23.0 Å². The van der Waals surface area contributed by atoms with Crippen LogP contribution in [-0.2, 0) is 6.18 Å². The van der Waals surface area contributed by atoms with E-state index in [4.69, 9.17) is 27.9 Å². The van der Waals surface area contributed by atoms with Gasteiger partial charge in [-0.05, 0) is 47.7 Å². The largest absolute Gasteiger partial charge is 0.504 e. The molecule has 0 amide bonds. The number of nitriles is 1. The van der Waals surface area contributed by atoms with Crippen LogP contribution in [0.15, 0.2) is 40.2 Å². The lowest BCUT2D eigenvalue weighted by Gasteiger charge is -2.13. The van der Waals surface area contributed by atoms with Crippen molar-refractivity contribution in [2.24, 2.45) is 4.99 Å². The van der Waals surface area contributed by atoms with Crippen molar-refractivity contribution < 1.29 is 36.2 Å². The Morgan fingerprint density at radius 1 is 1.14 bits per heavy atom. The first-order valence-electron chi connectivity index (χ1n) is 9.01. The number of aliphatic imine (C=N–C) groups is 1. The third-order valence-electron chi connectivity index (χ3n) is 4.24. The monoisotopic (exact) mass is 554 g/mol. The Morgan fingerprint density at radius 2 is 1.77 bits per heavy atom. The van der Waals surface area contributed by atoms with Gasteiger partial charge in [0.25, 0.3) is 0 Å². The number of thioether (sulfide) groups is 1. The lowest BCUT2D eigenvalue weighted by molar-refractivity contribution is -0.137. The molecular weight excluding hydrogens is 545 g/mol. The zero-order chi connectivity index (χ0) is 26.1. The molecule has 0 saturated carbocycles. The molecule has 1 heterocycles. The number of nitrogens with zero attached hydrogens (tertiary/aromatic N) is 4. The highest BCUT2D eigenvalue weighted by Crippen LogP contribution is 2.46. The molecule has 184 valence electrons. The van der Waals surface area contributed by atoms with E-state index in [1.165, 1.54) is 31.4 Å². The van der Waals surface area contributed by atoms with Crippen molar-refractivity contribution in [2.75, 3.05) is 7.11 Å². The number of hydrogen-bond acceptors (Lipinski definition) is 6. The van der Waals surface area contributed by atoms with E-state index in [1.807, 2.05) is 0 Å². The van der Waals surface area contributed by atoms with E-state index in [-0.39, 0.29) is 22.7 Å². The van der Waals surface area contributed by atoms with Crippen molar-refractivity contribution in [3.05, 3.63) is 57.2 Å². The molecule has 15 heteroatoms. The van der Waals surface area contributed by atoms with Crippen molar-refractivity contribution in [1.82, 2.24) is 9.78 Å². The minimum atomic E-state index is -4.90. The number of benzene rings is 2. The minimum absolute atomic E-state index is 0.0476. The Hall–Kier alpha value is -3.08. The molecule has 0 saturated heterocycles. The van der Waals surface area contributed by atoms with Crippen LogP contribution >= 0.6 is 35.0 Å². The molecule has 1 aromatic heterocycles. The molecule has 2 aromatic carbocycles. The van der Waals surface area contributed by atoms with Crippen molar-refractivity contribution in [3.8, 4) is 23.3 Å². The number of rotatable bonds is 5. The highest BCUT2D eigenvalue weighted by molar-refractivity contribution is 8.00. The van der Waals surface area contributed by atoms with Crippen molar-refractivity contribution in [1.29, 1.82) is 5.26 Å². The van der Waals surface area contributed by atoms with Gasteiger partial charge >= 0.3 is 11.7 Å². The summed E-state index contributed by atoms with van der Waals surface area (Å²) in [6.45, 7) is 0. The molecule has 0 aliphatic heterocycles. The van der Waals surface area contributed by atoms with Gasteiger partial charge in [0.2, 0.25) is 0 Å². The second-order valence-corrected chi connectivity index (χ2v) is 8.43. The highest BCUT2D eigenvalue weighted by Gasteiger charge is 2.37. The number of aromatic nitrogens is 2. The van der Waals surface area contributed by atoms with Crippen LogP contribution < -0.4 is 4.74 Å². The second kappa shape index (κ2) is 9.88. The topological polar surface area (TPSA) is 83.4 Å². The van der Waals surface area contributed by atoms with Crippen molar-refractivity contribution in [3.63, 3.8) is 0 Å². The predicted molar refractivity (Wildman–Crippen MR) is 117 cm³/mol. The Balaban J connectivity index is 2.24. The quantitative estimate of drug-likeness (QED) is 0.206. The van der Waals surface area contributed by atoms with Crippen LogP contribution in [0.2, 0.25) is 10.0 Å². The molecule has 0 fully saturated rings. The van der Waals surface area contributed by atoms with Crippen LogP contribution in [0.1, 0.15) is 16.8 Å². The Bertz CT molecular complexity index is 1330. The maximum absolute atomic E-state index is 13.2. The molecule has 35 heavy (non-hydrogen) atoms. The molecule has 3 aromatic rings. The first-order chi connectivity index (χ1) is 16.2. The number of alkyl halides is 6. The van der Waals surface area contributed by atoms with E-state index in [9.17, 15) is 36.7 Å². The van der Waals surface area contributed by atoms with Gasteiger partial charge in [-0.2, -0.15) is 36.7 Å². The van der Waals surface area contributed by atoms with Crippen LogP contribution in [0, 0.1) is 11.3 Å². The van der Waals surface area contributed by atoms with E-state index in [0.29, 0.717) is 0 Å². The van der Waals surface area contributed by atoms with Gasteiger partial charge in [-0.15, -0.1) is 0 Å². The minimum Gasteiger partial charge on any atom is -0.504 e. The molecule has 0 unspecified atom stereocenters. The van der Waals surface area contributed by atoms with Gasteiger partial charge in [-0.1, -0.05) is 23.2 Å². The summed E-state index contributed by atoms with van der Waals surface area (Å²) in [6.07, 6.45) is -3.81. The van der Waals surface area contributed by atoms with Gasteiger partial charge < -0.3 is 9.84 Å². The average Bonchev–Trinajstić information content (AvgIpc) is 3.07. The maximum atomic E-state index is 13.2. The number of phenols is 1. The van der Waals surface area contributed by atoms with E-state index >= 15 is 0 Å². The average molecular weight is 555 g/mol. The van der Waals surface area contributed by atoms with Crippen molar-refractivity contribution in [2.45, 2.75) is 16.6 Å². The molecule has 1 N–H and O–H groups in total. The smallest absolute Gasteiger partial charge is 0.446 e. The van der Waals surface area contributed by atoms with Gasteiger partial charge in [-0.3, -0.25) is 0 Å². The van der Waals surface area contributed by atoms with Crippen LogP contribution in [0.25, 0.3) is 5.69 Å². The molecular formula is C20H10Cl2F6N4O2S. The zero-order valence-electron chi connectivity index (χ0n) is 17.0. The Morgan fingerprint density at radius 3 is 2.29 bits per heavy atom. The molecule has 0 atom stereocenters. The van der Waals surface area contributed by atoms with Crippen molar-refractivity contribution >= 4 is 47.0 Å². The summed E-state index contributed by atoms with van der Waals surface area (Å²) in [5.41, 5.74) is -6.87. The fourth-order valence-electron chi connectivity index (χ4n) is 2.83. The summed E-state index contributed by atoms with van der Waals surface area (Å²) in [5.74, 6) is -0.682. The highest BCUT2D eigenvalue weighted by atomic mass is 35.5. The van der Waals surface area contributed by atoms with E-state index < -0.39 is 55.5 Å². The summed E-state index contributed by atoms with van der Waals surface area (Å²) in [6, 6.07) is 7.03. The van der Waals surface area contributed by atoms with Crippen LogP contribution in [0.5, 0.6) is 11.5 Å². The maximum Gasteiger partial charge on any atom is 0.446 e. The van der Waals surface area contributed by atoms with E-state index in [2.05, 4.69) is 10.1 Å². The third kappa shape index (κ3) is 5.95. The van der Waals surface area contributed by atoms with Gasteiger partial charge in [0.05, 0.1) is 33.3 Å². The van der Waals surface area contributed by atoms with Gasteiger partial charge in [-0.25, -0.2) is 9.67 Å². The number of methoxy groups -OCH3 is 1. The number of halogens is 8. The lowest BCUT2D eigenvalue weighted by Crippen LogP contribution is -2.08. The zero-order valence-corrected chi connectivity index (χ0v) is 19.4. The summed E-state index contributed by atoms with van der Waals surface area (Å²) >= 11 is 10.8. The van der Waals surface area contributed by atoms with Gasteiger partial charge in [0, 0.05) is 6.21 Å². The summed E-state index contributed by atoms with van der Waals surface area (Å²) in [7, 11) is 1.28. The SMILES string of the molecule is COc1cc(/C=N/c2c(SC(F)(F)F)c(C#N)nn2-c2cc(Cl)c(C(F)(F)F)c(Cl)c2)ccc1O. The number of aromatic hydroxyl groups is 1. The third-order valence-corrected chi connectivity index (χ3v) is 5.64. The molecule has 0 aliphatic rings. The fraction of sp³-hybridized carbons (Fsp3) is 0.150. The fourth-order valence-corrected chi connectivity index (χ4v) is 4.17. The molecule has 0 radical (unpaired) electrons. The Labute approximate surface area is 207 Å². The second-order valence-electron chi connectivity index (χ2n) is 6.54. The summed E-state index contributed by atoms with van der Waals surface area (Å²) in [4.78, 5) is 3.30. The normalized spacial score (nSPS) is 12.2. The number of ether oxygens (including phenoxy) is 1. The van der Waals surface area contributed by atoms with Crippen LogP contribution in [0.4, 0.5) is 32.2 Å². The summed E-state index contributed by atoms with van der Waals surface area (Å²) in [5, 5.41) is 21.1. The first-order valence-corrected chi connectivity index (χ1v) is 10.6. The lowest BCUT2D eigenvalue weighted by atomic mass is 10.2. The van der Waals surface area contributed by atoms with Crippen LogP contribution in [0.3, 0.4) is 0 Å². The number of hydrogen-bond donors (Lipinski definition) is 1.